The van der Waals surface area contributed by atoms with Gasteiger partial charge in [-0.2, -0.15) is 0 Å². The zero-order valence-corrected chi connectivity index (χ0v) is 8.46. The van der Waals surface area contributed by atoms with Crippen LogP contribution < -0.4 is 5.73 Å². The smallest absolute Gasteiger partial charge is 0.358 e. The lowest BCUT2D eigenvalue weighted by Gasteiger charge is -2.03. The summed E-state index contributed by atoms with van der Waals surface area (Å²) in [6.45, 7) is 0. The third-order valence-corrected chi connectivity index (χ3v) is 2.00. The van der Waals surface area contributed by atoms with E-state index in [9.17, 15) is 9.18 Å². The Morgan fingerprint density at radius 1 is 1.41 bits per heavy atom. The van der Waals surface area contributed by atoms with Crippen LogP contribution in [0.4, 0.5) is 10.2 Å². The van der Waals surface area contributed by atoms with Gasteiger partial charge in [-0.25, -0.2) is 19.2 Å². The van der Waals surface area contributed by atoms with Crippen LogP contribution in [-0.2, 0) is 0 Å². The van der Waals surface area contributed by atoms with Crippen molar-refractivity contribution in [3.63, 3.8) is 0 Å². The topological polar surface area (TPSA) is 102 Å². The molecular formula is C10H7FN4O2. The summed E-state index contributed by atoms with van der Waals surface area (Å²) in [5, 5.41) is 8.81. The van der Waals surface area contributed by atoms with E-state index < -0.39 is 17.5 Å². The maximum absolute atomic E-state index is 13.4. The number of nitrogens with two attached hydrogens (primary N) is 1. The minimum atomic E-state index is -1.33. The molecule has 0 aliphatic carbocycles. The highest BCUT2D eigenvalue weighted by Gasteiger charge is 2.15. The molecule has 0 radical (unpaired) electrons. The second-order valence-corrected chi connectivity index (χ2v) is 3.13. The fraction of sp³-hybridized carbons (Fsp3) is 0. The van der Waals surface area contributed by atoms with Crippen molar-refractivity contribution < 1.29 is 14.3 Å². The number of carbonyl (C=O) groups is 1. The normalized spacial score (nSPS) is 10.2. The molecule has 0 spiro atoms. The Kier molecular flexibility index (Phi) is 2.65. The third kappa shape index (κ3) is 2.03. The highest BCUT2D eigenvalue weighted by Crippen LogP contribution is 2.18. The van der Waals surface area contributed by atoms with Gasteiger partial charge < -0.3 is 10.8 Å². The molecule has 17 heavy (non-hydrogen) atoms. The Balaban J connectivity index is 2.58. The van der Waals surface area contributed by atoms with E-state index >= 15 is 0 Å². The van der Waals surface area contributed by atoms with Crippen LogP contribution in [0, 0.1) is 5.82 Å². The Labute approximate surface area is 95.0 Å². The first kappa shape index (κ1) is 10.9. The van der Waals surface area contributed by atoms with Crippen LogP contribution in [0.1, 0.15) is 10.5 Å². The number of anilines is 1. The molecule has 0 aliphatic heterocycles. The first-order valence-corrected chi connectivity index (χ1v) is 4.56. The lowest BCUT2D eigenvalue weighted by atomic mass is 10.2. The summed E-state index contributed by atoms with van der Waals surface area (Å²) in [6, 6.07) is 2.61. The predicted octanol–water partition coefficient (Wildman–Crippen LogP) is 0.958. The standard InChI is InChI=1S/C10H7FN4O2/c11-5-2-1-3-13-7(5)6-4-14-9(12)8(15-6)10(16)17/h1-4H,(H2,12,14)(H,16,17). The molecule has 2 aromatic rings. The van der Waals surface area contributed by atoms with Crippen molar-refractivity contribution in [2.75, 3.05) is 5.73 Å². The molecule has 0 aromatic carbocycles. The summed E-state index contributed by atoms with van der Waals surface area (Å²) >= 11 is 0. The summed E-state index contributed by atoms with van der Waals surface area (Å²) in [7, 11) is 0. The van der Waals surface area contributed by atoms with E-state index in [2.05, 4.69) is 15.0 Å². The summed E-state index contributed by atoms with van der Waals surface area (Å²) in [6.07, 6.45) is 2.55. The van der Waals surface area contributed by atoms with Crippen molar-refractivity contribution in [1.82, 2.24) is 15.0 Å². The molecule has 0 saturated heterocycles. The van der Waals surface area contributed by atoms with E-state index in [1.807, 2.05) is 0 Å². The highest BCUT2D eigenvalue weighted by atomic mass is 19.1. The van der Waals surface area contributed by atoms with Crippen LogP contribution in [0.15, 0.2) is 24.5 Å². The summed E-state index contributed by atoms with van der Waals surface area (Å²) in [5.74, 6) is -2.16. The van der Waals surface area contributed by atoms with Crippen LogP contribution in [0.5, 0.6) is 0 Å². The first-order chi connectivity index (χ1) is 8.09. The second-order valence-electron chi connectivity index (χ2n) is 3.13. The van der Waals surface area contributed by atoms with Crippen molar-refractivity contribution in [2.24, 2.45) is 0 Å². The van der Waals surface area contributed by atoms with Crippen LogP contribution in [-0.4, -0.2) is 26.0 Å². The minimum absolute atomic E-state index is 0.0229. The monoisotopic (exact) mass is 234 g/mol. The van der Waals surface area contributed by atoms with Gasteiger partial charge in [0.1, 0.15) is 11.4 Å². The fourth-order valence-electron chi connectivity index (χ4n) is 1.24. The Hall–Kier alpha value is -2.57. The molecule has 7 heteroatoms. The number of nitrogen functional groups attached to an aromatic ring is 1. The number of hydrogen-bond donors (Lipinski definition) is 2. The molecule has 6 nitrogen and oxygen atoms in total. The summed E-state index contributed by atoms with van der Waals surface area (Å²) in [5.41, 5.74) is 4.87. The van der Waals surface area contributed by atoms with E-state index in [-0.39, 0.29) is 17.2 Å². The van der Waals surface area contributed by atoms with E-state index in [0.717, 1.165) is 0 Å². The van der Waals surface area contributed by atoms with Crippen molar-refractivity contribution >= 4 is 11.8 Å². The number of hydrogen-bond acceptors (Lipinski definition) is 5. The van der Waals surface area contributed by atoms with Crippen molar-refractivity contribution in [3.8, 4) is 11.4 Å². The number of aromatic nitrogens is 3. The number of carboxylic acids is 1. The fourth-order valence-corrected chi connectivity index (χ4v) is 1.24. The molecule has 3 N–H and O–H groups in total. The van der Waals surface area contributed by atoms with Gasteiger partial charge in [0.05, 0.1) is 6.20 Å². The molecule has 0 bridgehead atoms. The molecule has 0 unspecified atom stereocenters. The number of rotatable bonds is 2. The maximum atomic E-state index is 13.4. The van der Waals surface area contributed by atoms with Gasteiger partial charge in [0.15, 0.2) is 17.3 Å². The lowest BCUT2D eigenvalue weighted by Crippen LogP contribution is -2.08. The summed E-state index contributed by atoms with van der Waals surface area (Å²) < 4.78 is 13.4. The molecule has 2 aromatic heterocycles. The summed E-state index contributed by atoms with van der Waals surface area (Å²) in [4.78, 5) is 21.9. The van der Waals surface area contributed by atoms with E-state index in [1.165, 1.54) is 24.5 Å². The van der Waals surface area contributed by atoms with Crippen LogP contribution >= 0.6 is 0 Å². The molecule has 2 heterocycles. The number of halogens is 1. The molecule has 86 valence electrons. The quantitative estimate of drug-likeness (QED) is 0.802. The van der Waals surface area contributed by atoms with Gasteiger partial charge in [-0.05, 0) is 12.1 Å². The maximum Gasteiger partial charge on any atom is 0.358 e. The highest BCUT2D eigenvalue weighted by molar-refractivity contribution is 5.90. The number of carboxylic acid groups (broad SMARTS) is 1. The van der Waals surface area contributed by atoms with Gasteiger partial charge >= 0.3 is 5.97 Å². The zero-order chi connectivity index (χ0) is 12.4. The molecule has 2 rings (SSSR count). The van der Waals surface area contributed by atoms with E-state index in [1.54, 1.807) is 0 Å². The molecule has 0 atom stereocenters. The van der Waals surface area contributed by atoms with Crippen molar-refractivity contribution in [2.45, 2.75) is 0 Å². The van der Waals surface area contributed by atoms with Gasteiger partial charge in [-0.15, -0.1) is 0 Å². The van der Waals surface area contributed by atoms with Crippen molar-refractivity contribution in [1.29, 1.82) is 0 Å². The predicted molar refractivity (Wildman–Crippen MR) is 56.6 cm³/mol. The molecule has 0 aliphatic rings. The Bertz CT molecular complexity index is 588. The molecule has 0 saturated carbocycles. The Morgan fingerprint density at radius 3 is 2.82 bits per heavy atom. The van der Waals surface area contributed by atoms with Gasteiger partial charge in [0, 0.05) is 6.20 Å². The number of aromatic carboxylic acids is 1. The molecule has 0 amide bonds. The van der Waals surface area contributed by atoms with Crippen LogP contribution in [0.2, 0.25) is 0 Å². The minimum Gasteiger partial charge on any atom is -0.476 e. The van der Waals surface area contributed by atoms with Crippen LogP contribution in [0.25, 0.3) is 11.4 Å². The van der Waals surface area contributed by atoms with E-state index in [0.29, 0.717) is 0 Å². The van der Waals surface area contributed by atoms with Crippen molar-refractivity contribution in [3.05, 3.63) is 36.0 Å². The third-order valence-electron chi connectivity index (χ3n) is 2.00. The zero-order valence-electron chi connectivity index (χ0n) is 8.46. The van der Waals surface area contributed by atoms with Gasteiger partial charge in [0.25, 0.3) is 0 Å². The number of pyridine rings is 1. The second kappa shape index (κ2) is 4.12. The Morgan fingerprint density at radius 2 is 2.18 bits per heavy atom. The van der Waals surface area contributed by atoms with Crippen LogP contribution in [0.3, 0.4) is 0 Å². The largest absolute Gasteiger partial charge is 0.476 e. The SMILES string of the molecule is Nc1ncc(-c2ncccc2F)nc1C(=O)O. The van der Waals surface area contributed by atoms with Gasteiger partial charge in [0.2, 0.25) is 0 Å². The van der Waals surface area contributed by atoms with Gasteiger partial charge in [-0.1, -0.05) is 0 Å². The van der Waals surface area contributed by atoms with Gasteiger partial charge in [-0.3, -0.25) is 4.98 Å². The average Bonchev–Trinajstić information content (AvgIpc) is 2.30. The first-order valence-electron chi connectivity index (χ1n) is 4.56. The van der Waals surface area contributed by atoms with E-state index in [4.69, 9.17) is 10.8 Å². The average molecular weight is 234 g/mol. The molecule has 0 fully saturated rings. The number of nitrogens with zero attached hydrogens (tertiary/aromatic N) is 3. The lowest BCUT2D eigenvalue weighted by molar-refractivity contribution is 0.0691. The molecular weight excluding hydrogens is 227 g/mol.